The van der Waals surface area contributed by atoms with Gasteiger partial charge in [0.1, 0.15) is 11.6 Å². The van der Waals surface area contributed by atoms with Crippen molar-refractivity contribution in [2.24, 2.45) is 0 Å². The van der Waals surface area contributed by atoms with Gasteiger partial charge in [-0.3, -0.25) is 0 Å². The van der Waals surface area contributed by atoms with E-state index in [9.17, 15) is 12.8 Å². The van der Waals surface area contributed by atoms with Gasteiger partial charge in [0.05, 0.1) is 15.6 Å². The highest BCUT2D eigenvalue weighted by atomic mass is 35.5. The summed E-state index contributed by atoms with van der Waals surface area (Å²) in [5.74, 6) is -0.201. The normalized spacial score (nSPS) is 11.3. The van der Waals surface area contributed by atoms with E-state index in [0.717, 1.165) is 12.3 Å². The molecule has 0 unspecified atom stereocenters. The molecule has 0 radical (unpaired) electrons. The molecule has 0 aliphatic rings. The fraction of sp³-hybridized carbons (Fsp3) is 0.0769. The van der Waals surface area contributed by atoms with Gasteiger partial charge in [0.15, 0.2) is 15.6 Å². The van der Waals surface area contributed by atoms with Crippen LogP contribution in [0.2, 0.25) is 5.02 Å². The molecule has 0 bridgehead atoms. The predicted molar refractivity (Wildman–Crippen MR) is 75.4 cm³/mol. The third-order valence-electron chi connectivity index (χ3n) is 2.53. The molecule has 2 N–H and O–H groups in total. The van der Waals surface area contributed by atoms with Crippen molar-refractivity contribution in [2.75, 3.05) is 12.0 Å². The zero-order chi connectivity index (χ0) is 14.9. The van der Waals surface area contributed by atoms with E-state index in [0.29, 0.717) is 0 Å². The summed E-state index contributed by atoms with van der Waals surface area (Å²) in [6, 6.07) is 7.70. The van der Waals surface area contributed by atoms with Crippen molar-refractivity contribution < 1.29 is 17.5 Å². The highest BCUT2D eigenvalue weighted by Gasteiger charge is 2.12. The topological polar surface area (TPSA) is 69.4 Å². The average Bonchev–Trinajstić information content (AvgIpc) is 2.35. The summed E-state index contributed by atoms with van der Waals surface area (Å²) < 4.78 is 41.3. The van der Waals surface area contributed by atoms with E-state index in [4.69, 9.17) is 22.1 Å². The van der Waals surface area contributed by atoms with Crippen LogP contribution in [-0.2, 0) is 9.84 Å². The van der Waals surface area contributed by atoms with Crippen LogP contribution in [0.5, 0.6) is 11.5 Å². The van der Waals surface area contributed by atoms with Crippen LogP contribution < -0.4 is 10.5 Å². The predicted octanol–water partition coefficient (Wildman–Crippen LogP) is 3.26. The summed E-state index contributed by atoms with van der Waals surface area (Å²) >= 11 is 5.95. The molecule has 7 heteroatoms. The van der Waals surface area contributed by atoms with Crippen molar-refractivity contribution in [1.29, 1.82) is 0 Å². The molecule has 4 nitrogen and oxygen atoms in total. The Morgan fingerprint density at radius 1 is 1.15 bits per heavy atom. The minimum atomic E-state index is -3.35. The largest absolute Gasteiger partial charge is 0.454 e. The van der Waals surface area contributed by atoms with E-state index < -0.39 is 15.7 Å². The van der Waals surface area contributed by atoms with Gasteiger partial charge in [0.2, 0.25) is 0 Å². The van der Waals surface area contributed by atoms with E-state index in [1.807, 2.05) is 0 Å². The molecule has 0 atom stereocenters. The van der Waals surface area contributed by atoms with Crippen molar-refractivity contribution in [3.8, 4) is 11.5 Å². The first-order chi connectivity index (χ1) is 9.27. The molecule has 0 amide bonds. The van der Waals surface area contributed by atoms with Gasteiger partial charge in [-0.05, 0) is 30.3 Å². The van der Waals surface area contributed by atoms with Gasteiger partial charge >= 0.3 is 0 Å². The summed E-state index contributed by atoms with van der Waals surface area (Å²) in [6.45, 7) is 0. The lowest BCUT2D eigenvalue weighted by atomic mass is 10.3. The van der Waals surface area contributed by atoms with E-state index in [1.165, 1.54) is 30.3 Å². The average molecular weight is 316 g/mol. The molecule has 0 aliphatic heterocycles. The standard InChI is InChI=1S/C13H11ClFNO3S/c1-20(17,18)9-3-5-12(10(14)7-9)19-13-6-8(15)2-4-11(13)16/h2-7H,16H2,1H3. The summed E-state index contributed by atoms with van der Waals surface area (Å²) in [5, 5.41) is 0.0941. The number of ether oxygens (including phenoxy) is 1. The van der Waals surface area contributed by atoms with Gasteiger partial charge in [-0.25, -0.2) is 12.8 Å². The minimum absolute atomic E-state index is 0.0714. The smallest absolute Gasteiger partial charge is 0.175 e. The molecular weight excluding hydrogens is 305 g/mol. The first kappa shape index (κ1) is 14.6. The molecule has 0 saturated heterocycles. The molecule has 0 saturated carbocycles. The monoisotopic (exact) mass is 315 g/mol. The second kappa shape index (κ2) is 5.30. The lowest BCUT2D eigenvalue weighted by Crippen LogP contribution is -1.98. The molecule has 0 fully saturated rings. The van der Waals surface area contributed by atoms with E-state index in [-0.39, 0.29) is 27.1 Å². The van der Waals surface area contributed by atoms with Crippen molar-refractivity contribution in [2.45, 2.75) is 4.90 Å². The third-order valence-corrected chi connectivity index (χ3v) is 3.93. The summed E-state index contributed by atoms with van der Waals surface area (Å²) in [4.78, 5) is 0.0714. The SMILES string of the molecule is CS(=O)(=O)c1ccc(Oc2cc(F)ccc2N)c(Cl)c1. The molecule has 20 heavy (non-hydrogen) atoms. The Labute approximate surface area is 120 Å². The maximum Gasteiger partial charge on any atom is 0.175 e. The fourth-order valence-corrected chi connectivity index (χ4v) is 2.44. The Bertz CT molecular complexity index is 762. The second-order valence-electron chi connectivity index (χ2n) is 4.15. The number of hydrogen-bond acceptors (Lipinski definition) is 4. The number of rotatable bonds is 3. The molecule has 2 aromatic carbocycles. The van der Waals surface area contributed by atoms with E-state index in [2.05, 4.69) is 0 Å². The molecule has 0 spiro atoms. The second-order valence-corrected chi connectivity index (χ2v) is 6.57. The number of halogens is 2. The number of nitrogens with two attached hydrogens (primary N) is 1. The van der Waals surface area contributed by atoms with Gasteiger partial charge < -0.3 is 10.5 Å². The van der Waals surface area contributed by atoms with Crippen molar-refractivity contribution in [3.63, 3.8) is 0 Å². The Balaban J connectivity index is 2.38. The van der Waals surface area contributed by atoms with Crippen LogP contribution in [0.25, 0.3) is 0 Å². The van der Waals surface area contributed by atoms with Gasteiger partial charge in [-0.15, -0.1) is 0 Å². The maximum atomic E-state index is 13.1. The number of anilines is 1. The maximum absolute atomic E-state index is 13.1. The lowest BCUT2D eigenvalue weighted by molar-refractivity contribution is 0.479. The quantitative estimate of drug-likeness (QED) is 0.883. The van der Waals surface area contributed by atoms with Crippen LogP contribution in [0.1, 0.15) is 0 Å². The Hall–Kier alpha value is -1.79. The van der Waals surface area contributed by atoms with Crippen LogP contribution in [0.4, 0.5) is 10.1 Å². The lowest BCUT2D eigenvalue weighted by Gasteiger charge is -2.10. The van der Waals surface area contributed by atoms with Crippen LogP contribution in [0.15, 0.2) is 41.3 Å². The molecule has 2 rings (SSSR count). The molecule has 2 aromatic rings. The zero-order valence-electron chi connectivity index (χ0n) is 10.4. The van der Waals surface area contributed by atoms with E-state index in [1.54, 1.807) is 0 Å². The van der Waals surface area contributed by atoms with Gasteiger partial charge in [0, 0.05) is 12.3 Å². The van der Waals surface area contributed by atoms with Crippen LogP contribution in [0, 0.1) is 5.82 Å². The molecule has 106 valence electrons. The Kier molecular flexibility index (Phi) is 3.87. The minimum Gasteiger partial charge on any atom is -0.454 e. The van der Waals surface area contributed by atoms with Gasteiger partial charge in [0.25, 0.3) is 0 Å². The fourth-order valence-electron chi connectivity index (χ4n) is 1.51. The summed E-state index contributed by atoms with van der Waals surface area (Å²) in [5.41, 5.74) is 5.90. The van der Waals surface area contributed by atoms with E-state index >= 15 is 0 Å². The summed E-state index contributed by atoms with van der Waals surface area (Å²) in [7, 11) is -3.35. The number of nitrogen functional groups attached to an aromatic ring is 1. The Morgan fingerprint density at radius 2 is 1.85 bits per heavy atom. The number of benzene rings is 2. The van der Waals surface area contributed by atoms with Crippen LogP contribution >= 0.6 is 11.6 Å². The van der Waals surface area contributed by atoms with Gasteiger partial charge in [-0.2, -0.15) is 0 Å². The molecule has 0 heterocycles. The Morgan fingerprint density at radius 3 is 2.45 bits per heavy atom. The molecule has 0 aromatic heterocycles. The zero-order valence-corrected chi connectivity index (χ0v) is 12.0. The van der Waals surface area contributed by atoms with Crippen molar-refractivity contribution >= 4 is 27.1 Å². The summed E-state index contributed by atoms with van der Waals surface area (Å²) in [6.07, 6.45) is 1.07. The first-order valence-corrected chi connectivity index (χ1v) is 7.77. The number of sulfone groups is 1. The van der Waals surface area contributed by atoms with Crippen molar-refractivity contribution in [3.05, 3.63) is 47.2 Å². The molecule has 0 aliphatic carbocycles. The highest BCUT2D eigenvalue weighted by Crippen LogP contribution is 2.34. The third kappa shape index (κ3) is 3.20. The molecular formula is C13H11ClFNO3S. The van der Waals surface area contributed by atoms with Crippen LogP contribution in [0.3, 0.4) is 0 Å². The first-order valence-electron chi connectivity index (χ1n) is 5.50. The number of hydrogen-bond donors (Lipinski definition) is 1. The van der Waals surface area contributed by atoms with Gasteiger partial charge in [-0.1, -0.05) is 11.6 Å². The van der Waals surface area contributed by atoms with Crippen LogP contribution in [-0.4, -0.2) is 14.7 Å². The highest BCUT2D eigenvalue weighted by molar-refractivity contribution is 7.90. The van der Waals surface area contributed by atoms with Crippen molar-refractivity contribution in [1.82, 2.24) is 0 Å².